The van der Waals surface area contributed by atoms with Crippen molar-refractivity contribution in [3.8, 4) is 0 Å². The molecule has 2 heterocycles. The Kier molecular flexibility index (Phi) is 3.30. The molecule has 1 aliphatic rings. The van der Waals surface area contributed by atoms with Gasteiger partial charge in [-0.3, -0.25) is 14.6 Å². The van der Waals surface area contributed by atoms with E-state index >= 15 is 0 Å². The lowest BCUT2D eigenvalue weighted by atomic mass is 9.81. The first-order chi connectivity index (χ1) is 8.84. The summed E-state index contributed by atoms with van der Waals surface area (Å²) in [7, 11) is 0. The topological polar surface area (TPSA) is 70.5 Å². The molecule has 1 amide bonds. The maximum absolute atomic E-state index is 12.4. The molecule has 0 radical (unpaired) electrons. The van der Waals surface area contributed by atoms with Gasteiger partial charge in [-0.15, -0.1) is 0 Å². The maximum atomic E-state index is 12.4. The molecule has 0 aliphatic carbocycles. The monoisotopic (exact) mass is 262 g/mol. The van der Waals surface area contributed by atoms with Crippen LogP contribution in [0.25, 0.3) is 0 Å². The highest BCUT2D eigenvalue weighted by Crippen LogP contribution is 2.36. The van der Waals surface area contributed by atoms with Crippen molar-refractivity contribution in [3.63, 3.8) is 0 Å². The molecule has 0 bridgehead atoms. The first-order valence-corrected chi connectivity index (χ1v) is 6.30. The van der Waals surface area contributed by atoms with Gasteiger partial charge in [0.2, 0.25) is 0 Å². The first kappa shape index (κ1) is 13.5. The van der Waals surface area contributed by atoms with E-state index in [0.717, 1.165) is 5.69 Å². The van der Waals surface area contributed by atoms with Crippen LogP contribution in [0.15, 0.2) is 18.3 Å². The number of aromatic nitrogens is 1. The fourth-order valence-electron chi connectivity index (χ4n) is 2.44. The lowest BCUT2D eigenvalue weighted by Gasteiger charge is -2.22. The molecule has 0 saturated carbocycles. The van der Waals surface area contributed by atoms with Crippen LogP contribution in [0.2, 0.25) is 0 Å². The number of amides is 1. The highest BCUT2D eigenvalue weighted by molar-refractivity contribution is 5.95. The van der Waals surface area contributed by atoms with Crippen LogP contribution in [0.5, 0.6) is 0 Å². The molecule has 102 valence electrons. The van der Waals surface area contributed by atoms with E-state index in [1.165, 1.54) is 0 Å². The van der Waals surface area contributed by atoms with Crippen molar-refractivity contribution in [1.29, 1.82) is 0 Å². The number of hydrogen-bond acceptors (Lipinski definition) is 3. The predicted octanol–water partition coefficient (Wildman–Crippen LogP) is 1.57. The third-order valence-corrected chi connectivity index (χ3v) is 4.02. The second-order valence-electron chi connectivity index (χ2n) is 5.50. The van der Waals surface area contributed by atoms with Gasteiger partial charge in [-0.1, -0.05) is 6.92 Å². The summed E-state index contributed by atoms with van der Waals surface area (Å²) >= 11 is 0. The molecule has 1 aromatic heterocycles. The first-order valence-electron chi connectivity index (χ1n) is 6.30. The Bertz CT molecular complexity index is 529. The Labute approximate surface area is 112 Å². The second-order valence-corrected chi connectivity index (χ2v) is 5.50. The molecule has 0 unspecified atom stereocenters. The lowest BCUT2D eigenvalue weighted by Crippen LogP contribution is -2.36. The lowest BCUT2D eigenvalue weighted by molar-refractivity contribution is -0.148. The van der Waals surface area contributed by atoms with Gasteiger partial charge in [-0.05, 0) is 31.9 Å². The molecule has 19 heavy (non-hydrogen) atoms. The van der Waals surface area contributed by atoms with E-state index in [0.29, 0.717) is 12.1 Å². The van der Waals surface area contributed by atoms with E-state index in [1.807, 2.05) is 13.8 Å². The number of aryl methyl sites for hydroxylation is 1. The van der Waals surface area contributed by atoms with Gasteiger partial charge in [-0.25, -0.2) is 0 Å². The van der Waals surface area contributed by atoms with Crippen molar-refractivity contribution in [2.75, 3.05) is 13.1 Å². The largest absolute Gasteiger partial charge is 0.481 e. The number of carboxylic acids is 1. The van der Waals surface area contributed by atoms with E-state index < -0.39 is 11.4 Å². The average molecular weight is 262 g/mol. The molecule has 2 atom stereocenters. The Morgan fingerprint density at radius 2 is 2.21 bits per heavy atom. The minimum absolute atomic E-state index is 0.0584. The molecule has 1 fully saturated rings. The van der Waals surface area contributed by atoms with Crippen molar-refractivity contribution in [2.24, 2.45) is 11.3 Å². The molecular formula is C14H18N2O3. The van der Waals surface area contributed by atoms with Crippen molar-refractivity contribution in [1.82, 2.24) is 9.88 Å². The van der Waals surface area contributed by atoms with Crippen LogP contribution in [0.3, 0.4) is 0 Å². The van der Waals surface area contributed by atoms with Gasteiger partial charge in [0, 0.05) is 30.5 Å². The van der Waals surface area contributed by atoms with Crippen LogP contribution >= 0.6 is 0 Å². The highest BCUT2D eigenvalue weighted by atomic mass is 16.4. The number of aliphatic carboxylic acids is 1. The van der Waals surface area contributed by atoms with Gasteiger partial charge in [0.05, 0.1) is 5.41 Å². The molecule has 0 aromatic carbocycles. The Morgan fingerprint density at radius 1 is 1.53 bits per heavy atom. The molecule has 1 N–H and O–H groups in total. The zero-order valence-electron chi connectivity index (χ0n) is 11.4. The Balaban J connectivity index is 2.21. The molecule has 1 saturated heterocycles. The van der Waals surface area contributed by atoms with Crippen LogP contribution in [0.4, 0.5) is 0 Å². The number of rotatable bonds is 2. The van der Waals surface area contributed by atoms with Crippen LogP contribution < -0.4 is 0 Å². The zero-order valence-corrected chi connectivity index (χ0v) is 11.4. The molecule has 0 spiro atoms. The minimum atomic E-state index is -0.863. The van der Waals surface area contributed by atoms with E-state index in [2.05, 4.69) is 4.98 Å². The summed E-state index contributed by atoms with van der Waals surface area (Å²) in [6.07, 6.45) is 1.60. The van der Waals surface area contributed by atoms with E-state index in [1.54, 1.807) is 30.2 Å². The number of pyridine rings is 1. The van der Waals surface area contributed by atoms with Gasteiger partial charge in [-0.2, -0.15) is 0 Å². The van der Waals surface area contributed by atoms with Crippen molar-refractivity contribution < 1.29 is 14.7 Å². The smallest absolute Gasteiger partial charge is 0.311 e. The average Bonchev–Trinajstić information content (AvgIpc) is 2.66. The summed E-state index contributed by atoms with van der Waals surface area (Å²) < 4.78 is 0. The molecule has 2 rings (SSSR count). The second kappa shape index (κ2) is 4.64. The summed E-state index contributed by atoms with van der Waals surface area (Å²) in [5.74, 6) is -1.03. The van der Waals surface area contributed by atoms with Crippen LogP contribution in [-0.2, 0) is 4.79 Å². The third kappa shape index (κ3) is 2.32. The molecule has 5 nitrogen and oxygen atoms in total. The van der Waals surface area contributed by atoms with Crippen LogP contribution in [0.1, 0.15) is 29.9 Å². The zero-order chi connectivity index (χ0) is 14.2. The van der Waals surface area contributed by atoms with E-state index in [9.17, 15) is 14.7 Å². The number of hydrogen-bond donors (Lipinski definition) is 1. The highest BCUT2D eigenvalue weighted by Gasteiger charge is 2.47. The van der Waals surface area contributed by atoms with Gasteiger partial charge < -0.3 is 10.0 Å². The molecule has 1 aromatic rings. The number of carbonyl (C=O) groups excluding carboxylic acids is 1. The Morgan fingerprint density at radius 3 is 2.74 bits per heavy atom. The summed E-state index contributed by atoms with van der Waals surface area (Å²) in [6, 6.07) is 3.39. The standard InChI is InChI=1S/C14H18N2O3/c1-9-7-16(8-14(9,3)13(18)19)12(17)11-4-5-15-10(2)6-11/h4-6,9H,7-8H2,1-3H3,(H,18,19)/t9-,14-/m1/s1. The Hall–Kier alpha value is -1.91. The fourth-order valence-corrected chi connectivity index (χ4v) is 2.44. The van der Waals surface area contributed by atoms with Gasteiger partial charge in [0.15, 0.2) is 0 Å². The van der Waals surface area contributed by atoms with Crippen molar-refractivity contribution in [3.05, 3.63) is 29.6 Å². The number of carbonyl (C=O) groups is 2. The summed E-state index contributed by atoms with van der Waals surface area (Å²) in [4.78, 5) is 29.4. The fraction of sp³-hybridized carbons (Fsp3) is 0.500. The predicted molar refractivity (Wildman–Crippen MR) is 69.8 cm³/mol. The summed E-state index contributed by atoms with van der Waals surface area (Å²) in [5, 5.41) is 9.31. The third-order valence-electron chi connectivity index (χ3n) is 4.02. The molecule has 5 heteroatoms. The number of nitrogens with zero attached hydrogens (tertiary/aromatic N) is 2. The SMILES string of the molecule is Cc1cc(C(=O)N2C[C@@H](C)[C@](C)(C(=O)O)C2)ccn1. The van der Waals surface area contributed by atoms with Gasteiger partial charge >= 0.3 is 5.97 Å². The van der Waals surface area contributed by atoms with Gasteiger partial charge in [0.1, 0.15) is 0 Å². The van der Waals surface area contributed by atoms with E-state index in [-0.39, 0.29) is 18.4 Å². The molecule has 1 aliphatic heterocycles. The normalized spacial score (nSPS) is 26.5. The molecular weight excluding hydrogens is 244 g/mol. The number of carboxylic acid groups (broad SMARTS) is 1. The van der Waals surface area contributed by atoms with Crippen LogP contribution in [-0.4, -0.2) is 40.0 Å². The maximum Gasteiger partial charge on any atom is 0.311 e. The van der Waals surface area contributed by atoms with Gasteiger partial charge in [0.25, 0.3) is 5.91 Å². The van der Waals surface area contributed by atoms with Crippen molar-refractivity contribution >= 4 is 11.9 Å². The summed E-state index contributed by atoms with van der Waals surface area (Å²) in [6.45, 7) is 6.13. The minimum Gasteiger partial charge on any atom is -0.481 e. The number of likely N-dealkylation sites (tertiary alicyclic amines) is 1. The van der Waals surface area contributed by atoms with Crippen LogP contribution in [0, 0.1) is 18.3 Å². The quantitative estimate of drug-likeness (QED) is 0.878. The van der Waals surface area contributed by atoms with Crippen molar-refractivity contribution in [2.45, 2.75) is 20.8 Å². The van der Waals surface area contributed by atoms with E-state index in [4.69, 9.17) is 0 Å². The summed E-state index contributed by atoms with van der Waals surface area (Å²) in [5.41, 5.74) is 0.478.